The number of nitrogens with zero attached hydrogens (tertiary/aromatic N) is 1. The SMILES string of the molecule is O=C(CSc1ccc(F)cc1)N(Cc1ccccc1)[C@H]1CCS(=O)(=O)C1. The summed E-state index contributed by atoms with van der Waals surface area (Å²) < 4.78 is 36.7. The number of hydrogen-bond acceptors (Lipinski definition) is 4. The number of thioether (sulfide) groups is 1. The van der Waals surface area contributed by atoms with Crippen LogP contribution >= 0.6 is 11.8 Å². The summed E-state index contributed by atoms with van der Waals surface area (Å²) in [5.74, 6) is -0.0869. The van der Waals surface area contributed by atoms with E-state index in [0.29, 0.717) is 13.0 Å². The highest BCUT2D eigenvalue weighted by Gasteiger charge is 2.34. The van der Waals surface area contributed by atoms with E-state index in [-0.39, 0.29) is 35.0 Å². The highest BCUT2D eigenvalue weighted by atomic mass is 32.2. The van der Waals surface area contributed by atoms with Crippen LogP contribution in [0.2, 0.25) is 0 Å². The van der Waals surface area contributed by atoms with Crippen LogP contribution in [0.4, 0.5) is 4.39 Å². The van der Waals surface area contributed by atoms with Crippen LogP contribution in [0, 0.1) is 5.82 Å². The van der Waals surface area contributed by atoms with Crippen LogP contribution in [0.3, 0.4) is 0 Å². The zero-order valence-electron chi connectivity index (χ0n) is 14.2. The lowest BCUT2D eigenvalue weighted by molar-refractivity contribution is -0.130. The molecule has 0 N–H and O–H groups in total. The minimum atomic E-state index is -3.08. The number of benzene rings is 2. The topological polar surface area (TPSA) is 54.5 Å². The molecule has 0 spiro atoms. The highest BCUT2D eigenvalue weighted by molar-refractivity contribution is 8.00. The van der Waals surface area contributed by atoms with Crippen LogP contribution in [0.5, 0.6) is 0 Å². The maximum atomic E-state index is 13.0. The first-order valence-electron chi connectivity index (χ1n) is 8.35. The second-order valence-corrected chi connectivity index (χ2v) is 9.58. The summed E-state index contributed by atoms with van der Waals surface area (Å²) >= 11 is 1.33. The van der Waals surface area contributed by atoms with Gasteiger partial charge in [0, 0.05) is 17.5 Å². The Bertz CT molecular complexity index is 854. The van der Waals surface area contributed by atoms with Crippen LogP contribution in [-0.2, 0) is 21.2 Å². The Labute approximate surface area is 157 Å². The molecule has 26 heavy (non-hydrogen) atoms. The van der Waals surface area contributed by atoms with Gasteiger partial charge in [-0.3, -0.25) is 4.79 Å². The Morgan fingerprint density at radius 3 is 2.42 bits per heavy atom. The summed E-state index contributed by atoms with van der Waals surface area (Å²) in [6.45, 7) is 0.393. The van der Waals surface area contributed by atoms with E-state index in [4.69, 9.17) is 0 Å². The maximum absolute atomic E-state index is 13.0. The second-order valence-electron chi connectivity index (χ2n) is 6.31. The third-order valence-electron chi connectivity index (χ3n) is 4.34. The predicted molar refractivity (Wildman–Crippen MR) is 101 cm³/mol. The summed E-state index contributed by atoms with van der Waals surface area (Å²) in [7, 11) is -3.08. The van der Waals surface area contributed by atoms with Crippen molar-refractivity contribution in [2.24, 2.45) is 0 Å². The lowest BCUT2D eigenvalue weighted by Crippen LogP contribution is -2.41. The van der Waals surface area contributed by atoms with Gasteiger partial charge in [0.1, 0.15) is 5.82 Å². The fourth-order valence-electron chi connectivity index (χ4n) is 2.98. The van der Waals surface area contributed by atoms with Gasteiger partial charge in [0.2, 0.25) is 5.91 Å². The normalized spacial score (nSPS) is 18.6. The van der Waals surface area contributed by atoms with Crippen molar-refractivity contribution in [2.75, 3.05) is 17.3 Å². The lowest BCUT2D eigenvalue weighted by atomic mass is 10.1. The number of rotatable bonds is 6. The number of carbonyl (C=O) groups is 1. The van der Waals surface area contributed by atoms with Crippen molar-refractivity contribution >= 4 is 27.5 Å². The van der Waals surface area contributed by atoms with Crippen molar-refractivity contribution in [1.29, 1.82) is 0 Å². The van der Waals surface area contributed by atoms with E-state index in [1.54, 1.807) is 17.0 Å². The molecule has 0 aliphatic carbocycles. The zero-order chi connectivity index (χ0) is 18.6. The summed E-state index contributed by atoms with van der Waals surface area (Å²) in [6.07, 6.45) is 0.474. The van der Waals surface area contributed by atoms with Crippen molar-refractivity contribution in [1.82, 2.24) is 4.90 Å². The summed E-state index contributed by atoms with van der Waals surface area (Å²) in [5.41, 5.74) is 0.969. The summed E-state index contributed by atoms with van der Waals surface area (Å²) in [6, 6.07) is 15.3. The van der Waals surface area contributed by atoms with Gasteiger partial charge in [-0.15, -0.1) is 11.8 Å². The van der Waals surface area contributed by atoms with Crippen LogP contribution in [-0.4, -0.2) is 42.5 Å². The van der Waals surface area contributed by atoms with E-state index in [1.807, 2.05) is 30.3 Å². The van der Waals surface area contributed by atoms with Gasteiger partial charge >= 0.3 is 0 Å². The largest absolute Gasteiger partial charge is 0.334 e. The van der Waals surface area contributed by atoms with Gasteiger partial charge < -0.3 is 4.90 Å². The molecule has 0 saturated carbocycles. The van der Waals surface area contributed by atoms with Crippen LogP contribution in [0.25, 0.3) is 0 Å². The summed E-state index contributed by atoms with van der Waals surface area (Å²) in [5, 5.41) is 0. The van der Waals surface area contributed by atoms with E-state index in [0.717, 1.165) is 10.5 Å². The van der Waals surface area contributed by atoms with E-state index in [1.165, 1.54) is 23.9 Å². The fraction of sp³-hybridized carbons (Fsp3) is 0.316. The zero-order valence-corrected chi connectivity index (χ0v) is 15.8. The number of hydrogen-bond donors (Lipinski definition) is 0. The average Bonchev–Trinajstić information content (AvgIpc) is 2.99. The Morgan fingerprint density at radius 1 is 1.12 bits per heavy atom. The van der Waals surface area contributed by atoms with Gasteiger partial charge in [-0.05, 0) is 36.2 Å². The first kappa shape index (κ1) is 18.9. The molecule has 0 unspecified atom stereocenters. The molecule has 1 fully saturated rings. The third-order valence-corrected chi connectivity index (χ3v) is 7.09. The molecule has 7 heteroatoms. The molecule has 2 aromatic rings. The molecule has 138 valence electrons. The van der Waals surface area contributed by atoms with Crippen molar-refractivity contribution < 1.29 is 17.6 Å². The average molecular weight is 394 g/mol. The molecule has 0 bridgehead atoms. The number of carbonyl (C=O) groups excluding carboxylic acids is 1. The number of amides is 1. The first-order chi connectivity index (χ1) is 12.4. The molecule has 1 heterocycles. The first-order valence-corrected chi connectivity index (χ1v) is 11.2. The Balaban J connectivity index is 1.71. The van der Waals surface area contributed by atoms with Crippen LogP contribution in [0.15, 0.2) is 59.5 Å². The molecule has 2 aromatic carbocycles. The van der Waals surface area contributed by atoms with Crippen LogP contribution in [0.1, 0.15) is 12.0 Å². The second kappa shape index (κ2) is 8.22. The molecule has 0 aromatic heterocycles. The van der Waals surface area contributed by atoms with Gasteiger partial charge in [-0.2, -0.15) is 0 Å². The van der Waals surface area contributed by atoms with Crippen molar-refractivity contribution in [3.63, 3.8) is 0 Å². The molecule has 1 amide bonds. The monoisotopic (exact) mass is 393 g/mol. The standard InChI is InChI=1S/C19H20FNO3S2/c20-16-6-8-18(9-7-16)25-13-19(22)21(12-15-4-2-1-3-5-15)17-10-11-26(23,24)14-17/h1-9,17H,10-14H2/t17-/m0/s1. The summed E-state index contributed by atoms with van der Waals surface area (Å²) in [4.78, 5) is 15.3. The Morgan fingerprint density at radius 2 is 1.81 bits per heavy atom. The number of halogens is 1. The molecular formula is C19H20FNO3S2. The van der Waals surface area contributed by atoms with Crippen LogP contribution < -0.4 is 0 Å². The maximum Gasteiger partial charge on any atom is 0.233 e. The molecule has 1 saturated heterocycles. The quantitative estimate of drug-likeness (QED) is 0.708. The molecule has 4 nitrogen and oxygen atoms in total. The smallest absolute Gasteiger partial charge is 0.233 e. The molecule has 3 rings (SSSR count). The molecule has 1 atom stereocenters. The fourth-order valence-corrected chi connectivity index (χ4v) is 5.50. The lowest BCUT2D eigenvalue weighted by Gasteiger charge is -2.28. The van der Waals surface area contributed by atoms with Gasteiger partial charge in [0.25, 0.3) is 0 Å². The minimum absolute atomic E-state index is 0.0206. The number of sulfone groups is 1. The van der Waals surface area contributed by atoms with Crippen molar-refractivity contribution in [3.05, 3.63) is 66.0 Å². The molecule has 1 aliphatic heterocycles. The Kier molecular flexibility index (Phi) is 5.98. The molecular weight excluding hydrogens is 373 g/mol. The predicted octanol–water partition coefficient (Wildman–Crippen LogP) is 3.13. The third kappa shape index (κ3) is 5.08. The van der Waals surface area contributed by atoms with Crippen molar-refractivity contribution in [2.45, 2.75) is 23.9 Å². The molecule has 1 aliphatic rings. The van der Waals surface area contributed by atoms with E-state index >= 15 is 0 Å². The van der Waals surface area contributed by atoms with Gasteiger partial charge in [0.05, 0.1) is 17.3 Å². The highest BCUT2D eigenvalue weighted by Crippen LogP contribution is 2.23. The van der Waals surface area contributed by atoms with Gasteiger partial charge in [-0.25, -0.2) is 12.8 Å². The van der Waals surface area contributed by atoms with E-state index < -0.39 is 9.84 Å². The van der Waals surface area contributed by atoms with E-state index in [2.05, 4.69) is 0 Å². The van der Waals surface area contributed by atoms with Crippen molar-refractivity contribution in [3.8, 4) is 0 Å². The molecule has 0 radical (unpaired) electrons. The van der Waals surface area contributed by atoms with Gasteiger partial charge in [-0.1, -0.05) is 30.3 Å². The van der Waals surface area contributed by atoms with E-state index in [9.17, 15) is 17.6 Å². The van der Waals surface area contributed by atoms with Gasteiger partial charge in [0.15, 0.2) is 9.84 Å². The minimum Gasteiger partial charge on any atom is -0.334 e. The Hall–Kier alpha value is -1.86.